The number of hydrogen-bond donors (Lipinski definition) is 0. The lowest BCUT2D eigenvalue weighted by Gasteiger charge is -2.23. The van der Waals surface area contributed by atoms with Gasteiger partial charge in [0.1, 0.15) is 0 Å². The Morgan fingerprint density at radius 3 is 2.19 bits per heavy atom. The fourth-order valence-corrected chi connectivity index (χ4v) is 5.15. The van der Waals surface area contributed by atoms with Gasteiger partial charge < -0.3 is 4.90 Å². The minimum absolute atomic E-state index is 0.368. The zero-order valence-corrected chi connectivity index (χ0v) is 18.9. The normalized spacial score (nSPS) is 20.5. The summed E-state index contributed by atoms with van der Waals surface area (Å²) in [5.41, 5.74) is 5.29. The van der Waals surface area contributed by atoms with Crippen LogP contribution in [0.4, 0.5) is 13.2 Å². The highest BCUT2D eigenvalue weighted by molar-refractivity contribution is 5.71. The van der Waals surface area contributed by atoms with E-state index in [4.69, 9.17) is 0 Å². The number of benzene rings is 3. The van der Waals surface area contributed by atoms with Crippen molar-refractivity contribution in [2.45, 2.75) is 44.8 Å². The number of nitrogens with zero attached hydrogens (tertiary/aromatic N) is 1. The van der Waals surface area contributed by atoms with Crippen LogP contribution >= 0.6 is 0 Å². The molecular weight excluding hydrogens is 407 g/mol. The van der Waals surface area contributed by atoms with Gasteiger partial charge in [0, 0.05) is 6.54 Å². The maximum Gasteiger partial charge on any atom is 0.416 e. The van der Waals surface area contributed by atoms with E-state index >= 15 is 0 Å². The molecule has 3 aromatic carbocycles. The van der Waals surface area contributed by atoms with Gasteiger partial charge in [-0.3, -0.25) is 0 Å². The van der Waals surface area contributed by atoms with Gasteiger partial charge in [0.2, 0.25) is 0 Å². The third-order valence-corrected chi connectivity index (χ3v) is 7.06. The topological polar surface area (TPSA) is 3.24 Å². The second-order valence-electron chi connectivity index (χ2n) is 9.15. The Morgan fingerprint density at radius 1 is 0.844 bits per heavy atom. The highest BCUT2D eigenvalue weighted by Gasteiger charge is 2.37. The van der Waals surface area contributed by atoms with Gasteiger partial charge in [-0.15, -0.1) is 0 Å². The van der Waals surface area contributed by atoms with E-state index in [1.807, 2.05) is 6.07 Å². The molecule has 0 bridgehead atoms. The van der Waals surface area contributed by atoms with Crippen LogP contribution < -0.4 is 0 Å². The largest absolute Gasteiger partial charge is 0.416 e. The van der Waals surface area contributed by atoms with Crippen LogP contribution in [0.25, 0.3) is 11.1 Å². The van der Waals surface area contributed by atoms with Crippen LogP contribution in [0.3, 0.4) is 0 Å². The first-order valence-electron chi connectivity index (χ1n) is 11.3. The average molecular weight is 438 g/mol. The predicted molar refractivity (Wildman–Crippen MR) is 125 cm³/mol. The molecule has 0 saturated carbocycles. The second kappa shape index (κ2) is 9.11. The van der Waals surface area contributed by atoms with Crippen LogP contribution in [0.2, 0.25) is 0 Å². The molecular formula is C28H30F3N. The molecule has 0 aliphatic heterocycles. The van der Waals surface area contributed by atoms with Gasteiger partial charge in [0.05, 0.1) is 5.56 Å². The monoisotopic (exact) mass is 437 g/mol. The van der Waals surface area contributed by atoms with Crippen LogP contribution in [0.1, 0.15) is 54.4 Å². The minimum atomic E-state index is -4.31. The van der Waals surface area contributed by atoms with Gasteiger partial charge in [0.15, 0.2) is 0 Å². The highest BCUT2D eigenvalue weighted by atomic mass is 19.4. The van der Waals surface area contributed by atoms with E-state index in [1.54, 1.807) is 12.1 Å². The average Bonchev–Trinajstić information content (AvgIpc) is 3.02. The van der Waals surface area contributed by atoms with Crippen molar-refractivity contribution in [3.05, 3.63) is 95.1 Å². The van der Waals surface area contributed by atoms with Gasteiger partial charge in [-0.1, -0.05) is 74.5 Å². The SMILES string of the molecule is CC1c2c(-c3ccc(C(F)(F)F)cc3)cccc2C(CCN(C)Cc2ccccc2)[C@@H]1C. The Kier molecular flexibility index (Phi) is 6.43. The third-order valence-electron chi connectivity index (χ3n) is 7.06. The highest BCUT2D eigenvalue weighted by Crippen LogP contribution is 2.51. The minimum Gasteiger partial charge on any atom is -0.302 e. The molecule has 168 valence electrons. The van der Waals surface area contributed by atoms with Gasteiger partial charge in [-0.05, 0) is 77.7 Å². The van der Waals surface area contributed by atoms with Crippen molar-refractivity contribution in [1.82, 2.24) is 4.90 Å². The van der Waals surface area contributed by atoms with E-state index in [9.17, 15) is 13.2 Å². The van der Waals surface area contributed by atoms with Crippen LogP contribution in [0.15, 0.2) is 72.8 Å². The standard InChI is InChI=1S/C28H30F3N/c1-19-20(2)27-25(22-12-14-23(15-13-22)28(29,30)31)10-7-11-26(27)24(19)16-17-32(3)18-21-8-5-4-6-9-21/h4-15,19-20,24H,16-18H2,1-3H3/t19-,20?,24?/m1/s1. The first kappa shape index (κ1) is 22.6. The molecule has 0 heterocycles. The summed E-state index contributed by atoms with van der Waals surface area (Å²) < 4.78 is 39.0. The zero-order chi connectivity index (χ0) is 22.9. The first-order valence-corrected chi connectivity index (χ1v) is 11.3. The summed E-state index contributed by atoms with van der Waals surface area (Å²) in [7, 11) is 2.16. The summed E-state index contributed by atoms with van der Waals surface area (Å²) in [6.07, 6.45) is -3.24. The lowest BCUT2D eigenvalue weighted by molar-refractivity contribution is -0.137. The lowest BCUT2D eigenvalue weighted by Crippen LogP contribution is -2.22. The lowest BCUT2D eigenvalue weighted by atomic mass is 9.87. The van der Waals surface area contributed by atoms with Crippen LogP contribution in [-0.4, -0.2) is 18.5 Å². The summed E-state index contributed by atoms with van der Waals surface area (Å²) in [6, 6.07) is 22.4. The fourth-order valence-electron chi connectivity index (χ4n) is 5.15. The molecule has 0 aromatic heterocycles. The predicted octanol–water partition coefficient (Wildman–Crippen LogP) is 7.73. The number of alkyl halides is 3. The number of halogens is 3. The molecule has 3 aromatic rings. The maximum atomic E-state index is 13.0. The van der Waals surface area contributed by atoms with Crippen LogP contribution in [0.5, 0.6) is 0 Å². The maximum absolute atomic E-state index is 13.0. The van der Waals surface area contributed by atoms with Crippen LogP contribution in [-0.2, 0) is 12.7 Å². The number of rotatable bonds is 6. The molecule has 4 heteroatoms. The smallest absolute Gasteiger partial charge is 0.302 e. The Balaban J connectivity index is 1.54. The molecule has 0 N–H and O–H groups in total. The number of fused-ring (bicyclic) bond motifs is 1. The molecule has 0 saturated heterocycles. The van der Waals surface area contributed by atoms with E-state index < -0.39 is 11.7 Å². The van der Waals surface area contributed by atoms with E-state index in [0.717, 1.165) is 30.6 Å². The molecule has 1 aliphatic rings. The van der Waals surface area contributed by atoms with Crippen molar-refractivity contribution in [2.75, 3.05) is 13.6 Å². The summed E-state index contributed by atoms with van der Waals surface area (Å²) >= 11 is 0. The van der Waals surface area contributed by atoms with E-state index in [-0.39, 0.29) is 0 Å². The molecule has 1 aliphatic carbocycles. The third kappa shape index (κ3) is 4.61. The van der Waals surface area contributed by atoms with Crippen molar-refractivity contribution in [2.24, 2.45) is 5.92 Å². The fraction of sp³-hybridized carbons (Fsp3) is 0.357. The summed E-state index contributed by atoms with van der Waals surface area (Å²) in [6.45, 7) is 6.49. The van der Waals surface area contributed by atoms with Crippen molar-refractivity contribution in [1.29, 1.82) is 0 Å². The summed E-state index contributed by atoms with van der Waals surface area (Å²) in [5, 5.41) is 0. The Bertz CT molecular complexity index is 1040. The molecule has 3 atom stereocenters. The van der Waals surface area contributed by atoms with Crippen molar-refractivity contribution in [3.8, 4) is 11.1 Å². The summed E-state index contributed by atoms with van der Waals surface area (Å²) in [5.74, 6) is 1.31. The molecule has 0 radical (unpaired) electrons. The second-order valence-corrected chi connectivity index (χ2v) is 9.15. The van der Waals surface area contributed by atoms with Gasteiger partial charge in [-0.25, -0.2) is 0 Å². The Hall–Kier alpha value is -2.59. The van der Waals surface area contributed by atoms with Gasteiger partial charge >= 0.3 is 6.18 Å². The van der Waals surface area contributed by atoms with E-state index in [2.05, 4.69) is 68.3 Å². The summed E-state index contributed by atoms with van der Waals surface area (Å²) in [4.78, 5) is 2.37. The molecule has 0 fully saturated rings. The quantitative estimate of drug-likeness (QED) is 0.381. The number of hydrogen-bond acceptors (Lipinski definition) is 1. The van der Waals surface area contributed by atoms with Gasteiger partial charge in [-0.2, -0.15) is 13.2 Å². The van der Waals surface area contributed by atoms with Gasteiger partial charge in [0.25, 0.3) is 0 Å². The first-order chi connectivity index (χ1) is 15.3. The van der Waals surface area contributed by atoms with Crippen LogP contribution in [0, 0.1) is 5.92 Å². The molecule has 2 unspecified atom stereocenters. The molecule has 32 heavy (non-hydrogen) atoms. The molecule has 0 spiro atoms. The van der Waals surface area contributed by atoms with E-state index in [0.29, 0.717) is 17.8 Å². The van der Waals surface area contributed by atoms with E-state index in [1.165, 1.54) is 28.8 Å². The van der Waals surface area contributed by atoms with Crippen molar-refractivity contribution >= 4 is 0 Å². The molecule has 4 rings (SSSR count). The zero-order valence-electron chi connectivity index (χ0n) is 18.9. The van der Waals surface area contributed by atoms with Crippen molar-refractivity contribution < 1.29 is 13.2 Å². The Morgan fingerprint density at radius 2 is 1.53 bits per heavy atom. The molecule has 0 amide bonds. The van der Waals surface area contributed by atoms with Crippen molar-refractivity contribution in [3.63, 3.8) is 0 Å². The Labute approximate surface area is 188 Å². The molecule has 1 nitrogen and oxygen atoms in total.